The van der Waals surface area contributed by atoms with Gasteiger partial charge < -0.3 is 10.6 Å². The van der Waals surface area contributed by atoms with Crippen LogP contribution in [0.4, 0.5) is 11.6 Å². The van der Waals surface area contributed by atoms with Crippen LogP contribution in [0.5, 0.6) is 0 Å². The largest absolute Gasteiger partial charge is 0.370 e. The SMILES string of the molecule is N#Cc1nccc(NC2CCN(Cc3ccc(-c4nc5c(cc4-c4ccccc4)CCCN5)cc3)CC2)n1. The molecular formula is C31H31N7. The van der Waals surface area contributed by atoms with Crippen LogP contribution in [-0.2, 0) is 13.0 Å². The summed E-state index contributed by atoms with van der Waals surface area (Å²) < 4.78 is 0. The Morgan fingerprint density at radius 2 is 1.79 bits per heavy atom. The Balaban J connectivity index is 1.13. The second kappa shape index (κ2) is 11.0. The van der Waals surface area contributed by atoms with Crippen LogP contribution in [0.25, 0.3) is 22.4 Å². The smallest absolute Gasteiger partial charge is 0.234 e. The van der Waals surface area contributed by atoms with E-state index in [0.717, 1.165) is 74.8 Å². The third-order valence-electron chi connectivity index (χ3n) is 7.43. The zero-order chi connectivity index (χ0) is 25.7. The van der Waals surface area contributed by atoms with Crippen molar-refractivity contribution in [1.29, 1.82) is 5.26 Å². The summed E-state index contributed by atoms with van der Waals surface area (Å²) in [6.07, 6.45) is 5.92. The third-order valence-corrected chi connectivity index (χ3v) is 7.43. The van der Waals surface area contributed by atoms with Crippen molar-refractivity contribution in [1.82, 2.24) is 19.9 Å². The minimum atomic E-state index is 0.202. The third kappa shape index (κ3) is 5.36. The number of fused-ring (bicyclic) bond motifs is 1. The highest BCUT2D eigenvalue weighted by Gasteiger charge is 2.20. The van der Waals surface area contributed by atoms with E-state index in [9.17, 15) is 0 Å². The number of hydrogen-bond acceptors (Lipinski definition) is 7. The highest BCUT2D eigenvalue weighted by Crippen LogP contribution is 2.35. The monoisotopic (exact) mass is 501 g/mol. The quantitative estimate of drug-likeness (QED) is 0.360. The van der Waals surface area contributed by atoms with E-state index in [1.807, 2.05) is 12.1 Å². The van der Waals surface area contributed by atoms with E-state index in [4.69, 9.17) is 10.2 Å². The maximum Gasteiger partial charge on any atom is 0.234 e. The number of likely N-dealkylation sites (tertiary alicyclic amines) is 1. The number of nitriles is 1. The summed E-state index contributed by atoms with van der Waals surface area (Å²) in [4.78, 5) is 15.8. The molecule has 1 fully saturated rings. The van der Waals surface area contributed by atoms with E-state index in [1.54, 1.807) is 6.20 Å². The van der Waals surface area contributed by atoms with E-state index in [1.165, 1.54) is 22.3 Å². The molecule has 7 heteroatoms. The van der Waals surface area contributed by atoms with Crippen molar-refractivity contribution in [3.05, 3.63) is 89.9 Å². The molecule has 0 amide bonds. The van der Waals surface area contributed by atoms with Crippen LogP contribution in [0.3, 0.4) is 0 Å². The molecule has 7 nitrogen and oxygen atoms in total. The molecule has 0 aliphatic carbocycles. The zero-order valence-corrected chi connectivity index (χ0v) is 21.4. The molecule has 2 N–H and O–H groups in total. The molecule has 4 aromatic rings. The number of anilines is 2. The Morgan fingerprint density at radius 3 is 2.58 bits per heavy atom. The Bertz CT molecular complexity index is 1440. The van der Waals surface area contributed by atoms with Gasteiger partial charge in [-0.2, -0.15) is 5.26 Å². The van der Waals surface area contributed by atoms with Crippen molar-refractivity contribution in [2.75, 3.05) is 30.3 Å². The van der Waals surface area contributed by atoms with Gasteiger partial charge >= 0.3 is 0 Å². The molecule has 1 saturated heterocycles. The number of piperidine rings is 1. The van der Waals surface area contributed by atoms with Gasteiger partial charge in [-0.1, -0.05) is 54.6 Å². The number of nitrogens with zero attached hydrogens (tertiary/aromatic N) is 5. The maximum absolute atomic E-state index is 9.02. The van der Waals surface area contributed by atoms with E-state index in [-0.39, 0.29) is 5.82 Å². The van der Waals surface area contributed by atoms with Gasteiger partial charge in [0.1, 0.15) is 17.7 Å². The molecule has 2 aromatic heterocycles. The molecule has 2 aliphatic heterocycles. The fourth-order valence-electron chi connectivity index (χ4n) is 5.41. The lowest BCUT2D eigenvalue weighted by molar-refractivity contribution is 0.211. The van der Waals surface area contributed by atoms with Gasteiger partial charge in [-0.3, -0.25) is 4.90 Å². The van der Waals surface area contributed by atoms with E-state index < -0.39 is 0 Å². The fourth-order valence-corrected chi connectivity index (χ4v) is 5.41. The van der Waals surface area contributed by atoms with Crippen molar-refractivity contribution in [2.24, 2.45) is 0 Å². The van der Waals surface area contributed by atoms with Crippen LogP contribution in [-0.4, -0.2) is 45.5 Å². The van der Waals surface area contributed by atoms with Crippen molar-refractivity contribution >= 4 is 11.6 Å². The van der Waals surface area contributed by atoms with Crippen molar-refractivity contribution in [2.45, 2.75) is 38.3 Å². The summed E-state index contributed by atoms with van der Waals surface area (Å²) >= 11 is 0. The van der Waals surface area contributed by atoms with Gasteiger partial charge in [0, 0.05) is 49.5 Å². The lowest BCUT2D eigenvalue weighted by Crippen LogP contribution is -2.38. The topological polar surface area (TPSA) is 89.8 Å². The van der Waals surface area contributed by atoms with Gasteiger partial charge in [0.25, 0.3) is 0 Å². The molecule has 0 atom stereocenters. The van der Waals surface area contributed by atoms with Crippen LogP contribution >= 0.6 is 0 Å². The normalized spacial score (nSPS) is 15.8. The predicted molar refractivity (Wildman–Crippen MR) is 151 cm³/mol. The molecule has 4 heterocycles. The highest BCUT2D eigenvalue weighted by atomic mass is 15.1. The Kier molecular flexibility index (Phi) is 6.97. The summed E-state index contributed by atoms with van der Waals surface area (Å²) in [5, 5.41) is 16.0. The molecule has 0 saturated carbocycles. The number of hydrogen-bond donors (Lipinski definition) is 2. The van der Waals surface area contributed by atoms with E-state index in [0.29, 0.717) is 6.04 Å². The predicted octanol–water partition coefficient (Wildman–Crippen LogP) is 5.51. The average molecular weight is 502 g/mol. The minimum Gasteiger partial charge on any atom is -0.370 e. The summed E-state index contributed by atoms with van der Waals surface area (Å²) in [6, 6.07) is 26.0. The van der Waals surface area contributed by atoms with Gasteiger partial charge in [0.2, 0.25) is 5.82 Å². The van der Waals surface area contributed by atoms with Crippen LogP contribution in [0.1, 0.15) is 36.2 Å². The molecule has 2 aliphatic rings. The van der Waals surface area contributed by atoms with E-state index in [2.05, 4.69) is 86.2 Å². The van der Waals surface area contributed by atoms with E-state index >= 15 is 0 Å². The highest BCUT2D eigenvalue weighted by molar-refractivity contribution is 5.83. The Labute approximate surface area is 223 Å². The van der Waals surface area contributed by atoms with Gasteiger partial charge in [0.05, 0.1) is 5.69 Å². The number of aryl methyl sites for hydroxylation is 1. The molecule has 6 rings (SSSR count). The van der Waals surface area contributed by atoms with Gasteiger partial charge in [-0.25, -0.2) is 15.0 Å². The molecule has 0 radical (unpaired) electrons. The van der Waals surface area contributed by atoms with Gasteiger partial charge in [-0.15, -0.1) is 0 Å². The Morgan fingerprint density at radius 1 is 0.974 bits per heavy atom. The van der Waals surface area contributed by atoms with Crippen molar-refractivity contribution in [3.63, 3.8) is 0 Å². The molecule has 0 spiro atoms. The zero-order valence-electron chi connectivity index (χ0n) is 21.4. The number of nitrogens with one attached hydrogen (secondary N) is 2. The summed E-state index contributed by atoms with van der Waals surface area (Å²) in [5.74, 6) is 1.96. The summed E-state index contributed by atoms with van der Waals surface area (Å²) in [6.45, 7) is 3.96. The molecular weight excluding hydrogens is 470 g/mol. The maximum atomic E-state index is 9.02. The summed E-state index contributed by atoms with van der Waals surface area (Å²) in [7, 11) is 0. The number of benzene rings is 2. The number of aromatic nitrogens is 3. The number of rotatable bonds is 6. The van der Waals surface area contributed by atoms with Crippen molar-refractivity contribution < 1.29 is 0 Å². The van der Waals surface area contributed by atoms with Crippen molar-refractivity contribution in [3.8, 4) is 28.5 Å². The second-order valence-electron chi connectivity index (χ2n) is 10.1. The van der Waals surface area contributed by atoms with Crippen LogP contribution in [0, 0.1) is 11.3 Å². The first-order valence-electron chi connectivity index (χ1n) is 13.4. The number of pyridine rings is 1. The first kappa shape index (κ1) is 24.1. The van der Waals surface area contributed by atoms with Gasteiger partial charge in [-0.05, 0) is 54.5 Å². The van der Waals surface area contributed by atoms with Crippen LogP contribution in [0.15, 0.2) is 72.9 Å². The fraction of sp³-hybridized carbons (Fsp3) is 0.290. The summed E-state index contributed by atoms with van der Waals surface area (Å²) in [5.41, 5.74) is 7.19. The molecule has 38 heavy (non-hydrogen) atoms. The first-order chi connectivity index (χ1) is 18.7. The molecule has 190 valence electrons. The average Bonchev–Trinajstić information content (AvgIpc) is 2.98. The Hall–Kier alpha value is -4.28. The second-order valence-corrected chi connectivity index (χ2v) is 10.1. The lowest BCUT2D eigenvalue weighted by atomic mass is 9.95. The van der Waals surface area contributed by atoms with Crippen LogP contribution < -0.4 is 10.6 Å². The molecule has 0 unspecified atom stereocenters. The van der Waals surface area contributed by atoms with Gasteiger partial charge in [0.15, 0.2) is 0 Å². The molecule has 2 aromatic carbocycles. The van der Waals surface area contributed by atoms with Crippen LogP contribution in [0.2, 0.25) is 0 Å². The standard InChI is InChI=1S/C31H31N7/c32-20-29-33-16-12-28(36-29)35-26-13-17-38(18-14-26)21-22-8-10-24(11-9-22)30-27(23-5-2-1-3-6-23)19-25-7-4-15-34-31(25)37-30/h1-3,5-6,8-12,16,19,26H,4,7,13-15,17-18,21H2,(H,34,37)(H,33,35,36). The lowest BCUT2D eigenvalue weighted by Gasteiger charge is -2.32. The molecule has 0 bridgehead atoms. The first-order valence-corrected chi connectivity index (χ1v) is 13.4. The minimum absolute atomic E-state index is 0.202.